The van der Waals surface area contributed by atoms with Crippen LogP contribution in [0.25, 0.3) is 16.5 Å². The van der Waals surface area contributed by atoms with Crippen molar-refractivity contribution in [1.82, 2.24) is 9.78 Å². The van der Waals surface area contributed by atoms with E-state index in [0.717, 1.165) is 16.6 Å². The third kappa shape index (κ3) is 2.08. The minimum Gasteiger partial charge on any atom is -0.267 e. The summed E-state index contributed by atoms with van der Waals surface area (Å²) in [4.78, 5) is 12.5. The zero-order chi connectivity index (χ0) is 13.4. The Morgan fingerprint density at radius 3 is 2.53 bits per heavy atom. The van der Waals surface area contributed by atoms with Crippen molar-refractivity contribution in [3.8, 4) is 5.69 Å². The first-order chi connectivity index (χ1) is 9.16. The third-order valence-electron chi connectivity index (χ3n) is 3.01. The molecule has 0 saturated heterocycles. The van der Waals surface area contributed by atoms with Gasteiger partial charge in [-0.2, -0.15) is 9.78 Å². The fraction of sp³-hybridized carbons (Fsp3) is 0.0667. The van der Waals surface area contributed by atoms with Crippen LogP contribution in [0.3, 0.4) is 0 Å². The van der Waals surface area contributed by atoms with Crippen LogP contribution >= 0.6 is 15.9 Å². The molecule has 2 aromatic carbocycles. The van der Waals surface area contributed by atoms with Crippen LogP contribution in [0.2, 0.25) is 0 Å². The highest BCUT2D eigenvalue weighted by atomic mass is 79.9. The molecule has 0 aliphatic rings. The Balaban J connectivity index is 2.37. The van der Waals surface area contributed by atoms with Crippen LogP contribution in [0.15, 0.2) is 57.9 Å². The zero-order valence-electron chi connectivity index (χ0n) is 10.3. The normalized spacial score (nSPS) is 10.8. The second-order valence-electron chi connectivity index (χ2n) is 4.39. The van der Waals surface area contributed by atoms with Gasteiger partial charge in [0.25, 0.3) is 5.56 Å². The molecule has 0 unspecified atom stereocenters. The first kappa shape index (κ1) is 12.1. The molecule has 0 radical (unpaired) electrons. The lowest BCUT2D eigenvalue weighted by molar-refractivity contribution is 0.808. The van der Waals surface area contributed by atoms with Crippen LogP contribution in [0.5, 0.6) is 0 Å². The van der Waals surface area contributed by atoms with Crippen molar-refractivity contribution in [1.29, 1.82) is 0 Å². The van der Waals surface area contributed by atoms with Gasteiger partial charge in [0.05, 0.1) is 11.1 Å². The molecule has 4 heteroatoms. The maximum absolute atomic E-state index is 12.5. The number of nitrogens with zero attached hydrogens (tertiary/aromatic N) is 2. The Bertz CT molecular complexity index is 824. The maximum atomic E-state index is 12.5. The predicted molar refractivity (Wildman–Crippen MR) is 79.8 cm³/mol. The van der Waals surface area contributed by atoms with Gasteiger partial charge in [0.1, 0.15) is 4.60 Å². The highest BCUT2D eigenvalue weighted by Gasteiger charge is 2.09. The zero-order valence-corrected chi connectivity index (χ0v) is 11.9. The van der Waals surface area contributed by atoms with E-state index in [1.807, 2.05) is 55.5 Å². The Hall–Kier alpha value is -1.94. The average Bonchev–Trinajstić information content (AvgIpc) is 2.43. The van der Waals surface area contributed by atoms with E-state index >= 15 is 0 Å². The van der Waals surface area contributed by atoms with Gasteiger partial charge in [0.15, 0.2) is 0 Å². The smallest absolute Gasteiger partial charge is 0.267 e. The third-order valence-corrected chi connectivity index (χ3v) is 3.59. The van der Waals surface area contributed by atoms with Crippen molar-refractivity contribution in [2.75, 3.05) is 0 Å². The van der Waals surface area contributed by atoms with E-state index in [2.05, 4.69) is 21.0 Å². The van der Waals surface area contributed by atoms with Crippen LogP contribution < -0.4 is 5.56 Å². The van der Waals surface area contributed by atoms with E-state index in [1.54, 1.807) is 0 Å². The van der Waals surface area contributed by atoms with Crippen molar-refractivity contribution < 1.29 is 0 Å². The lowest BCUT2D eigenvalue weighted by Crippen LogP contribution is -2.21. The number of aryl methyl sites for hydroxylation is 1. The van der Waals surface area contributed by atoms with E-state index in [9.17, 15) is 4.79 Å². The summed E-state index contributed by atoms with van der Waals surface area (Å²) >= 11 is 3.43. The van der Waals surface area contributed by atoms with Crippen molar-refractivity contribution in [2.24, 2.45) is 0 Å². The highest BCUT2D eigenvalue weighted by Crippen LogP contribution is 2.19. The predicted octanol–water partition coefficient (Wildman–Crippen LogP) is 3.46. The topological polar surface area (TPSA) is 34.9 Å². The van der Waals surface area contributed by atoms with Gasteiger partial charge in [-0.15, -0.1) is 0 Å². The van der Waals surface area contributed by atoms with Crippen LogP contribution in [0.4, 0.5) is 0 Å². The Morgan fingerprint density at radius 1 is 1.05 bits per heavy atom. The molecule has 19 heavy (non-hydrogen) atoms. The minimum absolute atomic E-state index is 0.107. The molecule has 0 aliphatic heterocycles. The van der Waals surface area contributed by atoms with Gasteiger partial charge >= 0.3 is 0 Å². The van der Waals surface area contributed by atoms with E-state index < -0.39 is 0 Å². The van der Waals surface area contributed by atoms with Gasteiger partial charge in [0, 0.05) is 5.39 Å². The summed E-state index contributed by atoms with van der Waals surface area (Å²) in [6.07, 6.45) is 0. The molecule has 0 fully saturated rings. The van der Waals surface area contributed by atoms with Gasteiger partial charge < -0.3 is 0 Å². The quantitative estimate of drug-likeness (QED) is 0.689. The molecule has 0 spiro atoms. The van der Waals surface area contributed by atoms with E-state index in [-0.39, 0.29) is 5.56 Å². The first-order valence-electron chi connectivity index (χ1n) is 5.91. The summed E-state index contributed by atoms with van der Waals surface area (Å²) in [6.45, 7) is 1.99. The van der Waals surface area contributed by atoms with E-state index in [1.165, 1.54) is 4.68 Å². The molecular weight excluding hydrogens is 304 g/mol. The summed E-state index contributed by atoms with van der Waals surface area (Å²) in [6, 6.07) is 15.2. The number of benzene rings is 2. The van der Waals surface area contributed by atoms with Crippen molar-refractivity contribution >= 4 is 26.7 Å². The Labute approximate surface area is 118 Å². The van der Waals surface area contributed by atoms with Gasteiger partial charge in [-0.05, 0) is 46.6 Å². The second-order valence-corrected chi connectivity index (χ2v) is 5.14. The van der Waals surface area contributed by atoms with Gasteiger partial charge in [-0.3, -0.25) is 4.79 Å². The highest BCUT2D eigenvalue weighted by molar-refractivity contribution is 9.10. The molecule has 3 rings (SSSR count). The Kier molecular flexibility index (Phi) is 2.95. The number of hydrogen-bond acceptors (Lipinski definition) is 2. The number of rotatable bonds is 1. The molecule has 1 heterocycles. The number of hydrogen-bond donors (Lipinski definition) is 0. The van der Waals surface area contributed by atoms with Crippen LogP contribution in [0, 0.1) is 6.92 Å². The molecule has 3 aromatic rings. The molecule has 94 valence electrons. The standard InChI is InChI=1S/C15H11BrN2O/c1-10-5-4-6-11(9-10)18-15(19)13-8-3-2-7-12(13)14(16)17-18/h2-9H,1H3. The van der Waals surface area contributed by atoms with E-state index in [0.29, 0.717) is 9.99 Å². The number of halogens is 1. The van der Waals surface area contributed by atoms with Crippen molar-refractivity contribution in [2.45, 2.75) is 6.92 Å². The SMILES string of the molecule is Cc1cccc(-n2nc(Br)c3ccccc3c2=O)c1. The second kappa shape index (κ2) is 4.63. The summed E-state index contributed by atoms with van der Waals surface area (Å²) in [5, 5.41) is 5.82. The van der Waals surface area contributed by atoms with Crippen LogP contribution in [0.1, 0.15) is 5.56 Å². The van der Waals surface area contributed by atoms with E-state index in [4.69, 9.17) is 0 Å². The molecule has 0 N–H and O–H groups in total. The van der Waals surface area contributed by atoms with Crippen LogP contribution in [-0.4, -0.2) is 9.78 Å². The summed E-state index contributed by atoms with van der Waals surface area (Å²) in [5.74, 6) is 0. The number of fused-ring (bicyclic) bond motifs is 1. The molecule has 1 aromatic heterocycles. The molecule has 0 aliphatic carbocycles. The molecule has 0 bridgehead atoms. The molecular formula is C15H11BrN2O. The molecule has 0 amide bonds. The fourth-order valence-electron chi connectivity index (χ4n) is 2.09. The lowest BCUT2D eigenvalue weighted by Gasteiger charge is -2.08. The number of aromatic nitrogens is 2. The molecule has 0 saturated carbocycles. The van der Waals surface area contributed by atoms with Gasteiger partial charge in [-0.25, -0.2) is 0 Å². The maximum Gasteiger partial charge on any atom is 0.279 e. The van der Waals surface area contributed by atoms with Gasteiger partial charge in [-0.1, -0.05) is 30.3 Å². The monoisotopic (exact) mass is 314 g/mol. The van der Waals surface area contributed by atoms with Crippen molar-refractivity contribution in [3.05, 3.63) is 69.1 Å². The van der Waals surface area contributed by atoms with Gasteiger partial charge in [0.2, 0.25) is 0 Å². The van der Waals surface area contributed by atoms with Crippen LogP contribution in [-0.2, 0) is 0 Å². The first-order valence-corrected chi connectivity index (χ1v) is 6.71. The summed E-state index contributed by atoms with van der Waals surface area (Å²) in [5.41, 5.74) is 1.76. The molecule has 0 atom stereocenters. The van der Waals surface area contributed by atoms with Crippen molar-refractivity contribution in [3.63, 3.8) is 0 Å². The Morgan fingerprint density at radius 2 is 1.79 bits per heavy atom. The average molecular weight is 315 g/mol. The minimum atomic E-state index is -0.107. The summed E-state index contributed by atoms with van der Waals surface area (Å²) < 4.78 is 2.10. The fourth-order valence-corrected chi connectivity index (χ4v) is 2.59. The molecule has 3 nitrogen and oxygen atoms in total. The lowest BCUT2D eigenvalue weighted by atomic mass is 10.2. The largest absolute Gasteiger partial charge is 0.279 e. The summed E-state index contributed by atoms with van der Waals surface area (Å²) in [7, 11) is 0.